The van der Waals surface area contributed by atoms with Crippen molar-refractivity contribution in [1.29, 1.82) is 0 Å². The van der Waals surface area contributed by atoms with Crippen molar-refractivity contribution in [1.82, 2.24) is 5.16 Å². The van der Waals surface area contributed by atoms with Crippen molar-refractivity contribution in [2.75, 3.05) is 11.9 Å². The zero-order valence-corrected chi connectivity index (χ0v) is 18.2. The minimum absolute atomic E-state index is 0.0741. The van der Waals surface area contributed by atoms with Gasteiger partial charge in [0.05, 0.1) is 13.0 Å². The molecule has 33 heavy (non-hydrogen) atoms. The highest BCUT2D eigenvalue weighted by atomic mass is 19.4. The smallest absolute Gasteiger partial charge is 0.401 e. The number of hydrogen-bond acceptors (Lipinski definition) is 5. The van der Waals surface area contributed by atoms with E-state index in [0.717, 1.165) is 19.9 Å². The molecule has 1 N–H and O–H groups in total. The molecule has 0 radical (unpaired) electrons. The molecule has 10 heteroatoms. The van der Waals surface area contributed by atoms with Gasteiger partial charge in [0.2, 0.25) is 5.91 Å². The van der Waals surface area contributed by atoms with E-state index in [4.69, 9.17) is 9.26 Å². The van der Waals surface area contributed by atoms with Gasteiger partial charge in [0.1, 0.15) is 17.0 Å². The normalized spacial score (nSPS) is 14.6. The van der Waals surface area contributed by atoms with E-state index in [0.29, 0.717) is 23.5 Å². The summed E-state index contributed by atoms with van der Waals surface area (Å²) in [5.41, 5.74) is -1.16. The fourth-order valence-electron chi connectivity index (χ4n) is 3.11. The summed E-state index contributed by atoms with van der Waals surface area (Å²) in [6.07, 6.45) is -1.76. The molecule has 1 aliphatic rings. The van der Waals surface area contributed by atoms with Crippen molar-refractivity contribution in [2.24, 2.45) is 0 Å². The van der Waals surface area contributed by atoms with Crippen LogP contribution in [0.4, 0.5) is 23.4 Å². The second-order valence-corrected chi connectivity index (χ2v) is 7.96. The van der Waals surface area contributed by atoms with E-state index in [-0.39, 0.29) is 30.0 Å². The Hall–Kier alpha value is -3.43. The third-order valence-corrected chi connectivity index (χ3v) is 5.18. The van der Waals surface area contributed by atoms with Gasteiger partial charge < -0.3 is 14.6 Å². The van der Waals surface area contributed by atoms with Crippen LogP contribution in [0.3, 0.4) is 0 Å². The molecule has 0 atom stereocenters. The summed E-state index contributed by atoms with van der Waals surface area (Å²) in [6.45, 7) is 3.96. The van der Waals surface area contributed by atoms with E-state index in [9.17, 15) is 27.2 Å². The molecule has 0 saturated carbocycles. The van der Waals surface area contributed by atoms with Crippen LogP contribution in [0.15, 0.2) is 46.7 Å². The molecule has 176 valence electrons. The molecule has 0 unspecified atom stereocenters. The van der Waals surface area contributed by atoms with Gasteiger partial charge in [-0.3, -0.25) is 9.59 Å². The van der Waals surface area contributed by atoms with E-state index >= 15 is 0 Å². The molecule has 0 bridgehead atoms. The molecule has 0 spiro atoms. The predicted molar refractivity (Wildman–Crippen MR) is 112 cm³/mol. The molecule has 0 aliphatic heterocycles. The summed E-state index contributed by atoms with van der Waals surface area (Å²) in [4.78, 5) is 23.9. The summed E-state index contributed by atoms with van der Waals surface area (Å²) in [7, 11) is 0. The minimum Gasteiger partial charge on any atom is -0.493 e. The maximum atomic E-state index is 14.7. The second kappa shape index (κ2) is 9.21. The van der Waals surface area contributed by atoms with Crippen molar-refractivity contribution in [3.63, 3.8) is 0 Å². The topological polar surface area (TPSA) is 81.4 Å². The summed E-state index contributed by atoms with van der Waals surface area (Å²) in [5.74, 6) is -1.77. The average molecular weight is 466 g/mol. The van der Waals surface area contributed by atoms with Crippen LogP contribution in [-0.4, -0.2) is 29.6 Å². The molecule has 1 amide bonds. The van der Waals surface area contributed by atoms with Crippen LogP contribution in [-0.2, 0) is 26.2 Å². The fourth-order valence-corrected chi connectivity index (χ4v) is 3.11. The quantitative estimate of drug-likeness (QED) is 0.574. The molecule has 1 aromatic carbocycles. The molecular weight excluding hydrogens is 444 g/mol. The molecule has 0 fully saturated rings. The Bertz CT molecular complexity index is 1130. The van der Waals surface area contributed by atoms with Gasteiger partial charge in [-0.15, -0.1) is 0 Å². The Labute approximate surface area is 187 Å². The van der Waals surface area contributed by atoms with Gasteiger partial charge in [0, 0.05) is 24.1 Å². The number of nitrogens with one attached hydrogen (secondary N) is 1. The molecule has 6 nitrogen and oxygen atoms in total. The van der Waals surface area contributed by atoms with Crippen molar-refractivity contribution in [3.05, 3.63) is 64.9 Å². The number of allylic oxidation sites excluding steroid dienone is 3. The molecule has 1 aromatic heterocycles. The number of rotatable bonds is 7. The monoisotopic (exact) mass is 466 g/mol. The number of ether oxygens (including phenoxy) is 1. The standard InChI is InChI=1S/C23H22F4N2O4/c1-4-32-18-11-15(30)7-8-16(18)13-5-6-14(17(24)9-13)10-21(31)28-20-12-19(33-29-20)22(2,3)23(25,26)27/h5-6,8-9,11-12H,4,7,10H2,1-3H3,(H,28,29,31). The minimum atomic E-state index is -4.57. The van der Waals surface area contributed by atoms with Crippen LogP contribution >= 0.6 is 0 Å². The van der Waals surface area contributed by atoms with Crippen LogP contribution in [0.5, 0.6) is 0 Å². The van der Waals surface area contributed by atoms with Gasteiger partial charge in [-0.05, 0) is 38.0 Å². The van der Waals surface area contributed by atoms with Gasteiger partial charge in [0.15, 0.2) is 17.4 Å². The number of carbonyl (C=O) groups is 2. The first-order valence-corrected chi connectivity index (χ1v) is 10.1. The van der Waals surface area contributed by atoms with E-state index in [1.807, 2.05) is 0 Å². The van der Waals surface area contributed by atoms with Crippen LogP contribution in [0.25, 0.3) is 5.57 Å². The highest BCUT2D eigenvalue weighted by Gasteiger charge is 2.51. The van der Waals surface area contributed by atoms with Crippen LogP contribution in [0, 0.1) is 5.82 Å². The first kappa shape index (κ1) is 24.2. The zero-order chi connectivity index (χ0) is 24.4. The number of amides is 1. The Morgan fingerprint density at radius 1 is 1.24 bits per heavy atom. The van der Waals surface area contributed by atoms with Gasteiger partial charge in [-0.2, -0.15) is 13.2 Å². The zero-order valence-electron chi connectivity index (χ0n) is 18.2. The number of hydrogen-bond donors (Lipinski definition) is 1. The van der Waals surface area contributed by atoms with Crippen LogP contribution in [0.1, 0.15) is 44.1 Å². The highest BCUT2D eigenvalue weighted by Crippen LogP contribution is 2.41. The van der Waals surface area contributed by atoms with E-state index in [1.54, 1.807) is 19.1 Å². The van der Waals surface area contributed by atoms with Gasteiger partial charge >= 0.3 is 6.18 Å². The summed E-state index contributed by atoms with van der Waals surface area (Å²) in [5, 5.41) is 5.76. The Morgan fingerprint density at radius 2 is 1.97 bits per heavy atom. The summed E-state index contributed by atoms with van der Waals surface area (Å²) in [6, 6.07) is 5.24. The molecular formula is C23H22F4N2O4. The third-order valence-electron chi connectivity index (χ3n) is 5.18. The third kappa shape index (κ3) is 5.32. The van der Waals surface area contributed by atoms with Crippen molar-refractivity contribution in [3.8, 4) is 0 Å². The van der Waals surface area contributed by atoms with Crippen LogP contribution < -0.4 is 5.32 Å². The predicted octanol–water partition coefficient (Wildman–Crippen LogP) is 5.11. The van der Waals surface area contributed by atoms with Crippen LogP contribution in [0.2, 0.25) is 0 Å². The first-order valence-electron chi connectivity index (χ1n) is 10.1. The van der Waals surface area contributed by atoms with Gasteiger partial charge in [-0.25, -0.2) is 4.39 Å². The SMILES string of the molecule is CCOC1=CC(=O)CC=C1c1ccc(CC(=O)Nc2cc(C(C)(C)C(F)(F)F)on2)c(F)c1. The number of alkyl halides is 3. The van der Waals surface area contributed by atoms with Crippen molar-refractivity contribution < 1.29 is 36.4 Å². The van der Waals surface area contributed by atoms with Crippen molar-refractivity contribution in [2.45, 2.75) is 45.2 Å². The maximum Gasteiger partial charge on any atom is 0.401 e. The number of ketones is 1. The summed E-state index contributed by atoms with van der Waals surface area (Å²) >= 11 is 0. The summed E-state index contributed by atoms with van der Waals surface area (Å²) < 4.78 is 64.3. The average Bonchev–Trinajstić information content (AvgIpc) is 3.18. The number of carbonyl (C=O) groups excluding carboxylic acids is 2. The Kier molecular flexibility index (Phi) is 6.76. The molecule has 0 saturated heterocycles. The highest BCUT2D eigenvalue weighted by molar-refractivity contribution is 5.99. The number of nitrogens with zero attached hydrogens (tertiary/aromatic N) is 1. The first-order chi connectivity index (χ1) is 15.4. The molecule has 3 rings (SSSR count). The Balaban J connectivity index is 1.71. The van der Waals surface area contributed by atoms with Crippen molar-refractivity contribution >= 4 is 23.1 Å². The lowest BCUT2D eigenvalue weighted by Crippen LogP contribution is -2.35. The Morgan fingerprint density at radius 3 is 2.61 bits per heavy atom. The maximum absolute atomic E-state index is 14.7. The largest absolute Gasteiger partial charge is 0.493 e. The van der Waals surface area contributed by atoms with E-state index < -0.39 is 29.1 Å². The number of halogens is 4. The number of benzene rings is 1. The van der Waals surface area contributed by atoms with E-state index in [1.165, 1.54) is 18.2 Å². The number of anilines is 1. The van der Waals surface area contributed by atoms with Gasteiger partial charge in [-0.1, -0.05) is 23.4 Å². The lowest BCUT2D eigenvalue weighted by atomic mass is 9.89. The van der Waals surface area contributed by atoms with Gasteiger partial charge in [0.25, 0.3) is 0 Å². The lowest BCUT2D eigenvalue weighted by molar-refractivity contribution is -0.185. The fraction of sp³-hybridized carbons (Fsp3) is 0.348. The number of aromatic nitrogens is 1. The molecule has 1 aliphatic carbocycles. The molecule has 2 aromatic rings. The second-order valence-electron chi connectivity index (χ2n) is 7.96. The lowest BCUT2D eigenvalue weighted by Gasteiger charge is -2.24. The molecule has 1 heterocycles. The van der Waals surface area contributed by atoms with E-state index in [2.05, 4.69) is 10.5 Å².